The Kier molecular flexibility index (Phi) is 7.00. The van der Waals surface area contributed by atoms with E-state index in [2.05, 4.69) is 30.0 Å². The number of benzene rings is 2. The second-order valence-corrected chi connectivity index (χ2v) is 6.43. The highest BCUT2D eigenvalue weighted by molar-refractivity contribution is 5.97. The van der Waals surface area contributed by atoms with Crippen LogP contribution in [0.15, 0.2) is 54.6 Å². The fourth-order valence-corrected chi connectivity index (χ4v) is 3.45. The Balaban J connectivity index is 0.00000225. The Bertz CT molecular complexity index is 692. The van der Waals surface area contributed by atoms with Crippen molar-refractivity contribution in [3.8, 4) is 0 Å². The van der Waals surface area contributed by atoms with Crippen LogP contribution >= 0.6 is 12.4 Å². The summed E-state index contributed by atoms with van der Waals surface area (Å²) < 4.78 is 0. The minimum absolute atomic E-state index is 0. The molecule has 2 aromatic rings. The van der Waals surface area contributed by atoms with Crippen molar-refractivity contribution < 1.29 is 4.79 Å². The summed E-state index contributed by atoms with van der Waals surface area (Å²) in [5, 5.41) is 0. The van der Waals surface area contributed by atoms with Gasteiger partial charge in [-0.15, -0.1) is 12.4 Å². The standard InChI is InChI=1S/C20H25N3O.ClH/c1-16-13-18-9-5-6-10-19(18)23(16)20(24)15-22(12-11-21)14-17-7-3-2-4-8-17;/h2-10,16H,11-15,21H2,1H3;1H. The summed E-state index contributed by atoms with van der Waals surface area (Å²) in [5.41, 5.74) is 9.27. The maximum atomic E-state index is 12.9. The van der Waals surface area contributed by atoms with Crippen molar-refractivity contribution in [2.24, 2.45) is 5.73 Å². The third-order valence-electron chi connectivity index (χ3n) is 4.53. The average molecular weight is 360 g/mol. The van der Waals surface area contributed by atoms with Crippen LogP contribution in [0.1, 0.15) is 18.1 Å². The molecular weight excluding hydrogens is 334 g/mol. The van der Waals surface area contributed by atoms with E-state index in [9.17, 15) is 4.79 Å². The van der Waals surface area contributed by atoms with Gasteiger partial charge < -0.3 is 10.6 Å². The van der Waals surface area contributed by atoms with E-state index in [1.54, 1.807) is 0 Å². The van der Waals surface area contributed by atoms with Crippen LogP contribution in [0.2, 0.25) is 0 Å². The quantitative estimate of drug-likeness (QED) is 0.862. The molecule has 4 nitrogen and oxygen atoms in total. The van der Waals surface area contributed by atoms with Crippen molar-refractivity contribution in [1.29, 1.82) is 0 Å². The fraction of sp³-hybridized carbons (Fsp3) is 0.350. The molecule has 0 fully saturated rings. The molecule has 25 heavy (non-hydrogen) atoms. The van der Waals surface area contributed by atoms with Gasteiger partial charge in [0, 0.05) is 31.4 Å². The summed E-state index contributed by atoms with van der Waals surface area (Å²) in [7, 11) is 0. The number of nitrogens with two attached hydrogens (primary N) is 1. The molecule has 2 N–H and O–H groups in total. The Morgan fingerprint density at radius 2 is 1.84 bits per heavy atom. The summed E-state index contributed by atoms with van der Waals surface area (Å²) in [6.07, 6.45) is 0.928. The second-order valence-electron chi connectivity index (χ2n) is 6.43. The lowest BCUT2D eigenvalue weighted by Gasteiger charge is -2.27. The predicted molar refractivity (Wildman–Crippen MR) is 105 cm³/mol. The van der Waals surface area contributed by atoms with E-state index >= 15 is 0 Å². The number of fused-ring (bicyclic) bond motifs is 1. The van der Waals surface area contributed by atoms with Crippen molar-refractivity contribution in [2.45, 2.75) is 25.9 Å². The number of hydrogen-bond donors (Lipinski definition) is 1. The van der Waals surface area contributed by atoms with Crippen LogP contribution in [0.25, 0.3) is 0 Å². The van der Waals surface area contributed by atoms with Crippen molar-refractivity contribution in [3.05, 3.63) is 65.7 Å². The molecule has 5 heteroatoms. The highest BCUT2D eigenvalue weighted by Gasteiger charge is 2.31. The molecule has 1 atom stereocenters. The smallest absolute Gasteiger partial charge is 0.241 e. The molecule has 0 spiro atoms. The van der Waals surface area contributed by atoms with Crippen molar-refractivity contribution >= 4 is 24.0 Å². The van der Waals surface area contributed by atoms with Crippen molar-refractivity contribution in [2.75, 3.05) is 24.5 Å². The van der Waals surface area contributed by atoms with Gasteiger partial charge in [-0.05, 0) is 30.5 Å². The predicted octanol–water partition coefficient (Wildman–Crippen LogP) is 2.85. The van der Waals surface area contributed by atoms with Gasteiger partial charge >= 0.3 is 0 Å². The zero-order valence-electron chi connectivity index (χ0n) is 14.6. The number of anilines is 1. The number of amides is 1. The molecule has 1 heterocycles. The molecule has 134 valence electrons. The number of para-hydroxylation sites is 1. The van der Waals surface area contributed by atoms with E-state index in [4.69, 9.17) is 5.73 Å². The van der Waals surface area contributed by atoms with Gasteiger partial charge in [0.1, 0.15) is 0 Å². The van der Waals surface area contributed by atoms with E-state index in [-0.39, 0.29) is 24.4 Å². The first-order valence-corrected chi connectivity index (χ1v) is 8.55. The van der Waals surface area contributed by atoms with Crippen molar-refractivity contribution in [3.63, 3.8) is 0 Å². The van der Waals surface area contributed by atoms with Gasteiger partial charge in [0.15, 0.2) is 0 Å². The topological polar surface area (TPSA) is 49.6 Å². The molecule has 0 saturated carbocycles. The number of carbonyl (C=O) groups excluding carboxylic acids is 1. The Morgan fingerprint density at radius 3 is 2.56 bits per heavy atom. The highest BCUT2D eigenvalue weighted by atomic mass is 35.5. The van der Waals surface area contributed by atoms with Crippen LogP contribution in [-0.4, -0.2) is 36.5 Å². The monoisotopic (exact) mass is 359 g/mol. The summed E-state index contributed by atoms with van der Waals surface area (Å²) in [5.74, 6) is 0.150. The molecule has 0 aliphatic carbocycles. The number of rotatable bonds is 6. The van der Waals surface area contributed by atoms with Gasteiger partial charge in [0.25, 0.3) is 0 Å². The maximum absolute atomic E-state index is 12.9. The van der Waals surface area contributed by atoms with Gasteiger partial charge in [-0.25, -0.2) is 0 Å². The van der Waals surface area contributed by atoms with Gasteiger partial charge in [0.2, 0.25) is 5.91 Å². The lowest BCUT2D eigenvalue weighted by Crippen LogP contribution is -2.44. The van der Waals surface area contributed by atoms with E-state index in [0.717, 1.165) is 18.7 Å². The molecular formula is C20H26ClN3O. The zero-order chi connectivity index (χ0) is 16.9. The van der Waals surface area contributed by atoms with Crippen LogP contribution in [-0.2, 0) is 17.8 Å². The lowest BCUT2D eigenvalue weighted by molar-refractivity contribution is -0.120. The molecule has 1 aliphatic rings. The van der Waals surface area contributed by atoms with Gasteiger partial charge in [-0.1, -0.05) is 48.5 Å². The third kappa shape index (κ3) is 4.60. The van der Waals surface area contributed by atoms with Gasteiger partial charge in [0.05, 0.1) is 6.54 Å². The molecule has 0 saturated heterocycles. The first kappa shape index (κ1) is 19.4. The third-order valence-corrected chi connectivity index (χ3v) is 4.53. The molecule has 0 bridgehead atoms. The normalized spacial score (nSPS) is 15.8. The molecule has 0 radical (unpaired) electrons. The zero-order valence-corrected chi connectivity index (χ0v) is 15.4. The van der Waals surface area contributed by atoms with E-state index < -0.39 is 0 Å². The SMILES string of the molecule is CC1Cc2ccccc2N1C(=O)CN(CCN)Cc1ccccc1.Cl. The fourth-order valence-electron chi connectivity index (χ4n) is 3.45. The van der Waals surface area contributed by atoms with Crippen LogP contribution in [0, 0.1) is 0 Å². The van der Waals surface area contributed by atoms with Crippen LogP contribution < -0.4 is 10.6 Å². The first-order valence-electron chi connectivity index (χ1n) is 8.55. The number of hydrogen-bond acceptors (Lipinski definition) is 3. The molecule has 1 unspecified atom stereocenters. The summed E-state index contributed by atoms with van der Waals surface area (Å²) in [6.45, 7) is 4.51. The van der Waals surface area contributed by atoms with Crippen LogP contribution in [0.4, 0.5) is 5.69 Å². The Labute approximate surface area is 156 Å². The van der Waals surface area contributed by atoms with Gasteiger partial charge in [-0.3, -0.25) is 9.69 Å². The second kappa shape index (κ2) is 8.99. The van der Waals surface area contributed by atoms with E-state index in [0.29, 0.717) is 19.6 Å². The highest BCUT2D eigenvalue weighted by Crippen LogP contribution is 2.31. The Morgan fingerprint density at radius 1 is 1.16 bits per heavy atom. The molecule has 1 aliphatic heterocycles. The summed E-state index contributed by atoms with van der Waals surface area (Å²) in [6, 6.07) is 18.6. The Hall–Kier alpha value is -1.88. The molecule has 1 amide bonds. The number of carbonyl (C=O) groups is 1. The molecule has 2 aromatic carbocycles. The lowest BCUT2D eigenvalue weighted by atomic mass is 10.1. The van der Waals surface area contributed by atoms with E-state index in [1.165, 1.54) is 11.1 Å². The average Bonchev–Trinajstić information content (AvgIpc) is 2.91. The van der Waals surface area contributed by atoms with Crippen molar-refractivity contribution in [1.82, 2.24) is 4.90 Å². The number of halogens is 1. The molecule has 3 rings (SSSR count). The summed E-state index contributed by atoms with van der Waals surface area (Å²) in [4.78, 5) is 17.0. The minimum Gasteiger partial charge on any atom is -0.329 e. The number of nitrogens with zero attached hydrogens (tertiary/aromatic N) is 2. The molecule has 0 aromatic heterocycles. The van der Waals surface area contributed by atoms with E-state index in [1.807, 2.05) is 41.3 Å². The van der Waals surface area contributed by atoms with Gasteiger partial charge in [-0.2, -0.15) is 0 Å². The maximum Gasteiger partial charge on any atom is 0.241 e. The first-order chi connectivity index (χ1) is 11.7. The largest absolute Gasteiger partial charge is 0.329 e. The summed E-state index contributed by atoms with van der Waals surface area (Å²) >= 11 is 0. The van der Waals surface area contributed by atoms with Crippen LogP contribution in [0.5, 0.6) is 0 Å². The van der Waals surface area contributed by atoms with Crippen LogP contribution in [0.3, 0.4) is 0 Å². The minimum atomic E-state index is 0.